The Hall–Kier alpha value is -3.70. The van der Waals surface area contributed by atoms with Gasteiger partial charge in [-0.2, -0.15) is 0 Å². The number of allylic oxidation sites excluding steroid dienone is 1. The highest BCUT2D eigenvalue weighted by atomic mass is 28.3. The van der Waals surface area contributed by atoms with E-state index in [0.717, 1.165) is 12.8 Å². The maximum atomic E-state index is 14.2. The van der Waals surface area contributed by atoms with Crippen molar-refractivity contribution in [2.24, 2.45) is 5.92 Å². The van der Waals surface area contributed by atoms with Crippen LogP contribution in [-0.2, 0) is 20.9 Å². The van der Waals surface area contributed by atoms with Gasteiger partial charge in [0.05, 0.1) is 18.7 Å². The Morgan fingerprint density at radius 2 is 1.83 bits per heavy atom. The number of carbonyl (C=O) groups excluding carboxylic acids is 3. The van der Waals surface area contributed by atoms with Gasteiger partial charge < -0.3 is 4.90 Å². The van der Waals surface area contributed by atoms with E-state index in [1.54, 1.807) is 24.0 Å². The summed E-state index contributed by atoms with van der Waals surface area (Å²) in [5.41, 5.74) is 11.4. The number of fused-ring (bicyclic) bond motifs is 1. The summed E-state index contributed by atoms with van der Waals surface area (Å²) in [6.07, 6.45) is 1.40. The first-order valence-corrected chi connectivity index (χ1v) is 15.5. The Kier molecular flexibility index (Phi) is 7.13. The molecular weight excluding hydrogens is 473 g/mol. The Bertz CT molecular complexity index is 1330. The van der Waals surface area contributed by atoms with Crippen molar-refractivity contribution in [2.75, 3.05) is 4.90 Å². The van der Waals surface area contributed by atoms with Gasteiger partial charge in [0.25, 0.3) is 5.91 Å². The predicted octanol–water partition coefficient (Wildman–Crippen LogP) is 4.26. The highest BCUT2D eigenvalue weighted by molar-refractivity contribution is 6.84. The molecule has 0 saturated heterocycles. The molecule has 0 radical (unpaired) electrons. The van der Waals surface area contributed by atoms with Gasteiger partial charge in [-0.1, -0.05) is 55.9 Å². The molecule has 3 amide bonds. The summed E-state index contributed by atoms with van der Waals surface area (Å²) < 4.78 is 14.2. The average molecular weight is 504 g/mol. The van der Waals surface area contributed by atoms with E-state index in [0.29, 0.717) is 28.0 Å². The molecule has 2 aromatic rings. The van der Waals surface area contributed by atoms with Crippen LogP contribution < -0.4 is 15.8 Å². The molecule has 6 nitrogen and oxygen atoms in total. The lowest BCUT2D eigenvalue weighted by Gasteiger charge is -2.23. The Morgan fingerprint density at radius 3 is 2.50 bits per heavy atom. The van der Waals surface area contributed by atoms with Crippen molar-refractivity contribution in [1.82, 2.24) is 10.9 Å². The average Bonchev–Trinajstić information content (AvgIpc) is 3.68. The lowest BCUT2D eigenvalue weighted by atomic mass is 9.98. The molecule has 36 heavy (non-hydrogen) atoms. The van der Waals surface area contributed by atoms with E-state index in [-0.39, 0.29) is 42.1 Å². The van der Waals surface area contributed by atoms with Gasteiger partial charge in [-0.3, -0.25) is 25.2 Å². The van der Waals surface area contributed by atoms with Crippen LogP contribution in [0.1, 0.15) is 36.0 Å². The number of hydrazine groups is 1. The van der Waals surface area contributed by atoms with Gasteiger partial charge in [0.1, 0.15) is 13.9 Å². The van der Waals surface area contributed by atoms with Crippen LogP contribution in [0.5, 0.6) is 0 Å². The predicted molar refractivity (Wildman–Crippen MR) is 140 cm³/mol. The summed E-state index contributed by atoms with van der Waals surface area (Å²) in [5, 5.41) is 0. The van der Waals surface area contributed by atoms with Crippen molar-refractivity contribution in [3.8, 4) is 11.5 Å². The molecule has 186 valence electrons. The van der Waals surface area contributed by atoms with E-state index >= 15 is 0 Å². The summed E-state index contributed by atoms with van der Waals surface area (Å²) in [7, 11) is -1.83. The number of para-hydroxylation sites is 1. The smallest absolute Gasteiger partial charge is 0.267 e. The summed E-state index contributed by atoms with van der Waals surface area (Å²) >= 11 is 0. The molecule has 8 heteroatoms. The number of rotatable bonds is 4. The van der Waals surface area contributed by atoms with Crippen LogP contribution in [0.4, 0.5) is 10.1 Å². The van der Waals surface area contributed by atoms with E-state index in [9.17, 15) is 18.8 Å². The zero-order valence-corrected chi connectivity index (χ0v) is 22.0. The molecule has 1 fully saturated rings. The monoisotopic (exact) mass is 503 g/mol. The number of nitrogens with one attached hydrogen (secondary N) is 2. The number of anilines is 1. The zero-order chi connectivity index (χ0) is 26.0. The van der Waals surface area contributed by atoms with Gasteiger partial charge >= 0.3 is 0 Å². The molecule has 1 saturated carbocycles. The SMILES string of the molecule is Cc1ccc(CN2C(=O)CC(C(=O)NNC(=O)C3CC3)=C(C#C[Si](C)(C)C)c3ccccc32)cc1F. The van der Waals surface area contributed by atoms with Gasteiger partial charge in [-0.15, -0.1) is 5.54 Å². The van der Waals surface area contributed by atoms with Crippen LogP contribution >= 0.6 is 0 Å². The van der Waals surface area contributed by atoms with E-state index < -0.39 is 14.0 Å². The normalized spacial score (nSPS) is 15.5. The van der Waals surface area contributed by atoms with Crippen LogP contribution in [-0.4, -0.2) is 25.8 Å². The molecule has 0 aromatic heterocycles. The molecule has 0 atom stereocenters. The molecule has 4 rings (SSSR count). The van der Waals surface area contributed by atoms with Crippen molar-refractivity contribution in [3.05, 3.63) is 70.5 Å². The topological polar surface area (TPSA) is 78.5 Å². The van der Waals surface area contributed by atoms with Crippen LogP contribution in [0.2, 0.25) is 19.6 Å². The van der Waals surface area contributed by atoms with Crippen LogP contribution in [0, 0.1) is 30.1 Å². The number of hydrogen-bond acceptors (Lipinski definition) is 3. The maximum Gasteiger partial charge on any atom is 0.267 e. The fraction of sp³-hybridized carbons (Fsp3) is 0.321. The lowest BCUT2D eigenvalue weighted by molar-refractivity contribution is -0.128. The lowest BCUT2D eigenvalue weighted by Crippen LogP contribution is -2.43. The molecule has 1 heterocycles. The fourth-order valence-electron chi connectivity index (χ4n) is 3.87. The second-order valence-electron chi connectivity index (χ2n) is 10.3. The summed E-state index contributed by atoms with van der Waals surface area (Å²) in [4.78, 5) is 40.5. The van der Waals surface area contributed by atoms with Crippen LogP contribution in [0.25, 0.3) is 5.57 Å². The van der Waals surface area contributed by atoms with Gasteiger partial charge in [0, 0.05) is 22.6 Å². The van der Waals surface area contributed by atoms with Gasteiger partial charge in [-0.25, -0.2) is 4.39 Å². The minimum absolute atomic E-state index is 0.0766. The number of aryl methyl sites for hydroxylation is 1. The van der Waals surface area contributed by atoms with Crippen molar-refractivity contribution < 1.29 is 18.8 Å². The number of carbonyl (C=O) groups is 3. The van der Waals surface area contributed by atoms with E-state index in [2.05, 4.69) is 42.0 Å². The van der Waals surface area contributed by atoms with Crippen LogP contribution in [0.3, 0.4) is 0 Å². The fourth-order valence-corrected chi connectivity index (χ4v) is 4.37. The van der Waals surface area contributed by atoms with Gasteiger partial charge in [0.15, 0.2) is 0 Å². The van der Waals surface area contributed by atoms with Gasteiger partial charge in [-0.05, 0) is 43.0 Å². The summed E-state index contributed by atoms with van der Waals surface area (Å²) in [6, 6.07) is 12.2. The second kappa shape index (κ2) is 10.1. The molecule has 0 bridgehead atoms. The Balaban J connectivity index is 1.76. The number of halogens is 1. The third-order valence-corrected chi connectivity index (χ3v) is 6.93. The minimum Gasteiger partial charge on any atom is -0.307 e. The summed E-state index contributed by atoms with van der Waals surface area (Å²) in [5.74, 6) is 1.69. The molecule has 1 aliphatic heterocycles. The third kappa shape index (κ3) is 5.92. The standard InChI is InChI=1S/C28H30FN3O3Si/c1-18-9-10-19(15-24(18)29)17-32-25-8-6-5-7-22(25)21(13-14-36(2,3)4)23(16-26(32)33)28(35)31-30-27(34)20-11-12-20/h5-10,15,20H,11-12,16-17H2,1-4H3,(H,30,34)(H,31,35). The first-order valence-electron chi connectivity index (χ1n) is 12.0. The number of nitrogens with zero attached hydrogens (tertiary/aromatic N) is 1. The largest absolute Gasteiger partial charge is 0.307 e. The summed E-state index contributed by atoms with van der Waals surface area (Å²) in [6.45, 7) is 8.13. The highest BCUT2D eigenvalue weighted by Gasteiger charge is 2.32. The number of hydrogen-bond donors (Lipinski definition) is 2. The maximum absolute atomic E-state index is 14.2. The molecule has 1 aliphatic carbocycles. The molecule has 0 unspecified atom stereocenters. The van der Waals surface area contributed by atoms with Crippen molar-refractivity contribution in [3.63, 3.8) is 0 Å². The molecule has 2 aliphatic rings. The van der Waals surface area contributed by atoms with Gasteiger partial charge in [0.2, 0.25) is 11.8 Å². The minimum atomic E-state index is -1.83. The second-order valence-corrected chi connectivity index (χ2v) is 15.1. The zero-order valence-electron chi connectivity index (χ0n) is 21.0. The quantitative estimate of drug-likeness (QED) is 0.372. The number of amides is 3. The number of benzene rings is 2. The molecule has 0 spiro atoms. The van der Waals surface area contributed by atoms with Crippen LogP contribution in [0.15, 0.2) is 48.0 Å². The van der Waals surface area contributed by atoms with Crippen molar-refractivity contribution >= 4 is 37.1 Å². The van der Waals surface area contributed by atoms with Crippen molar-refractivity contribution in [2.45, 2.75) is 52.4 Å². The van der Waals surface area contributed by atoms with Crippen molar-refractivity contribution in [1.29, 1.82) is 0 Å². The first-order chi connectivity index (χ1) is 17.0. The molecule has 2 aromatic carbocycles. The van der Waals surface area contributed by atoms with E-state index in [1.807, 2.05) is 24.3 Å². The van der Waals surface area contributed by atoms with E-state index in [1.165, 1.54) is 6.07 Å². The Morgan fingerprint density at radius 1 is 1.11 bits per heavy atom. The first kappa shape index (κ1) is 25.4. The molecule has 2 N–H and O–H groups in total. The van der Waals surface area contributed by atoms with E-state index in [4.69, 9.17) is 0 Å². The highest BCUT2D eigenvalue weighted by Crippen LogP contribution is 2.35. The Labute approximate surface area is 211 Å². The third-order valence-electron chi connectivity index (χ3n) is 6.06. The molecular formula is C28H30FN3O3Si.